The lowest BCUT2D eigenvalue weighted by molar-refractivity contribution is -0.541. The Morgan fingerprint density at radius 2 is 1.90 bits per heavy atom. The van der Waals surface area contributed by atoms with E-state index < -0.39 is 23.3 Å². The molecule has 0 radical (unpaired) electrons. The maximum Gasteiger partial charge on any atom is 0.201 e. The Labute approximate surface area is 119 Å². The van der Waals surface area contributed by atoms with Crippen LogP contribution in [0.5, 0.6) is 0 Å². The molecule has 2 bridgehead atoms. The van der Waals surface area contributed by atoms with E-state index in [1.807, 2.05) is 13.8 Å². The number of hydrogen-bond donors (Lipinski definition) is 1. The molecule has 4 saturated heterocycles. The number of fused-ring (bicyclic) bond motifs is 2. The minimum absolute atomic E-state index is 0.0134. The average Bonchev–Trinajstić information content (AvgIpc) is 2.51. The summed E-state index contributed by atoms with van der Waals surface area (Å²) in [5.74, 6) is 0.321. The third-order valence-corrected chi connectivity index (χ3v) is 6.15. The van der Waals surface area contributed by atoms with Gasteiger partial charge in [0, 0.05) is 12.3 Å². The van der Waals surface area contributed by atoms with Gasteiger partial charge in [-0.3, -0.25) is 0 Å². The van der Waals surface area contributed by atoms with Crippen molar-refractivity contribution in [3.05, 3.63) is 0 Å². The first-order chi connectivity index (χ1) is 9.44. The predicted octanol–water partition coefficient (Wildman–Crippen LogP) is 1.98. The van der Waals surface area contributed by atoms with E-state index in [4.69, 9.17) is 19.2 Å². The molecule has 1 spiro atoms. The van der Waals surface area contributed by atoms with Crippen molar-refractivity contribution in [1.29, 1.82) is 0 Å². The van der Waals surface area contributed by atoms with Crippen LogP contribution < -0.4 is 0 Å². The first-order valence-corrected chi connectivity index (χ1v) is 7.77. The largest absolute Gasteiger partial charge is 0.393 e. The third kappa shape index (κ3) is 1.45. The molecule has 5 nitrogen and oxygen atoms in total. The number of rotatable bonds is 1. The van der Waals surface area contributed by atoms with Crippen LogP contribution in [0, 0.1) is 17.8 Å². The molecule has 0 aromatic carbocycles. The summed E-state index contributed by atoms with van der Waals surface area (Å²) in [4.78, 5) is 11.6. The lowest BCUT2D eigenvalue weighted by atomic mass is 9.60. The molecule has 0 aromatic rings. The van der Waals surface area contributed by atoms with Crippen molar-refractivity contribution in [2.24, 2.45) is 17.8 Å². The van der Waals surface area contributed by atoms with Gasteiger partial charge in [-0.05, 0) is 44.9 Å². The molecule has 114 valence electrons. The van der Waals surface area contributed by atoms with Gasteiger partial charge in [0.05, 0.1) is 12.2 Å². The third-order valence-electron chi connectivity index (χ3n) is 6.15. The van der Waals surface area contributed by atoms with Gasteiger partial charge >= 0.3 is 0 Å². The van der Waals surface area contributed by atoms with Crippen LogP contribution in [0.2, 0.25) is 0 Å². The highest BCUT2D eigenvalue weighted by atomic mass is 17.3. The highest BCUT2D eigenvalue weighted by Crippen LogP contribution is 2.63. The highest BCUT2D eigenvalue weighted by Gasteiger charge is 2.73. The van der Waals surface area contributed by atoms with Gasteiger partial charge in [-0.1, -0.05) is 6.92 Å². The molecule has 0 aromatic heterocycles. The molecule has 5 rings (SSSR count). The van der Waals surface area contributed by atoms with Crippen molar-refractivity contribution in [1.82, 2.24) is 0 Å². The summed E-state index contributed by atoms with van der Waals surface area (Å²) in [6.07, 6.45) is 3.54. The van der Waals surface area contributed by atoms with Gasteiger partial charge in [-0.25, -0.2) is 9.78 Å². The van der Waals surface area contributed by atoms with Crippen LogP contribution in [-0.4, -0.2) is 35.0 Å². The van der Waals surface area contributed by atoms with E-state index in [2.05, 4.69) is 6.92 Å². The van der Waals surface area contributed by atoms with Gasteiger partial charge in [0.1, 0.15) is 0 Å². The van der Waals surface area contributed by atoms with E-state index in [0.717, 1.165) is 25.7 Å². The van der Waals surface area contributed by atoms with Gasteiger partial charge in [-0.15, -0.1) is 0 Å². The first kappa shape index (κ1) is 13.5. The minimum atomic E-state index is -0.724. The molecule has 1 N–H and O–H groups in total. The second-order valence-electron chi connectivity index (χ2n) is 7.44. The van der Waals surface area contributed by atoms with Gasteiger partial charge < -0.3 is 14.6 Å². The van der Waals surface area contributed by atoms with Crippen LogP contribution in [0.25, 0.3) is 0 Å². The van der Waals surface area contributed by atoms with E-state index >= 15 is 0 Å². The molecule has 4 heterocycles. The van der Waals surface area contributed by atoms with Crippen LogP contribution in [-0.2, 0) is 19.2 Å². The predicted molar refractivity (Wildman–Crippen MR) is 69.4 cm³/mol. The van der Waals surface area contributed by atoms with E-state index in [9.17, 15) is 5.11 Å². The number of ether oxygens (including phenoxy) is 2. The van der Waals surface area contributed by atoms with Crippen molar-refractivity contribution in [3.8, 4) is 0 Å². The molecule has 20 heavy (non-hydrogen) atoms. The maximum absolute atomic E-state index is 9.83. The normalized spacial score (nSPS) is 61.2. The Morgan fingerprint density at radius 3 is 2.65 bits per heavy atom. The molecule has 5 heteroatoms. The second-order valence-corrected chi connectivity index (χ2v) is 7.44. The van der Waals surface area contributed by atoms with Crippen molar-refractivity contribution >= 4 is 0 Å². The molecular weight excluding hydrogens is 260 g/mol. The average molecular weight is 284 g/mol. The summed E-state index contributed by atoms with van der Waals surface area (Å²) < 4.78 is 12.3. The van der Waals surface area contributed by atoms with Crippen LogP contribution in [0.4, 0.5) is 0 Å². The topological polar surface area (TPSA) is 57.2 Å². The van der Waals surface area contributed by atoms with Crippen LogP contribution in [0.1, 0.15) is 46.5 Å². The Kier molecular flexibility index (Phi) is 2.66. The quantitative estimate of drug-likeness (QED) is 0.746. The Balaban J connectivity index is 1.84. The SMILES string of the molecule is C[C@@H]1CCC2[C@]34OO[C@](C)(CC[C@@H]13)O[C@@H]4O[C@]2(C)CO. The summed E-state index contributed by atoms with van der Waals surface area (Å²) in [6.45, 7) is 6.15. The van der Waals surface area contributed by atoms with E-state index in [0.29, 0.717) is 11.8 Å². The second kappa shape index (κ2) is 3.96. The molecule has 1 saturated carbocycles. The van der Waals surface area contributed by atoms with Gasteiger partial charge in [0.2, 0.25) is 5.79 Å². The molecule has 1 aliphatic carbocycles. The fourth-order valence-corrected chi connectivity index (χ4v) is 4.96. The molecule has 5 fully saturated rings. The molecule has 7 atom stereocenters. The Morgan fingerprint density at radius 1 is 1.10 bits per heavy atom. The molecule has 4 aliphatic heterocycles. The Bertz CT molecular complexity index is 428. The summed E-state index contributed by atoms with van der Waals surface area (Å²) in [7, 11) is 0. The van der Waals surface area contributed by atoms with Crippen LogP contribution in [0.15, 0.2) is 0 Å². The summed E-state index contributed by atoms with van der Waals surface area (Å²) in [5, 5.41) is 9.83. The molecular formula is C15H24O5. The van der Waals surface area contributed by atoms with Crippen molar-refractivity contribution in [3.63, 3.8) is 0 Å². The standard InChI is InChI=1S/C15H24O5/c1-9-4-5-11-13(2,8-16)17-12-15(11)10(9)6-7-14(3,18-12)19-20-15/h9-12,16H,4-8H2,1-3H3/t9-,10+,11?,12+,13-,14-,15-/m1/s1. The summed E-state index contributed by atoms with van der Waals surface area (Å²) >= 11 is 0. The zero-order valence-electron chi connectivity index (χ0n) is 12.4. The van der Waals surface area contributed by atoms with Crippen LogP contribution >= 0.6 is 0 Å². The maximum atomic E-state index is 9.83. The first-order valence-electron chi connectivity index (χ1n) is 7.77. The van der Waals surface area contributed by atoms with E-state index in [1.165, 1.54) is 0 Å². The highest BCUT2D eigenvalue weighted by molar-refractivity contribution is 5.14. The number of aliphatic hydroxyl groups excluding tert-OH is 1. The summed E-state index contributed by atoms with van der Waals surface area (Å²) in [5.41, 5.74) is -1.15. The number of aliphatic hydroxyl groups is 1. The smallest absolute Gasteiger partial charge is 0.201 e. The lowest BCUT2D eigenvalue weighted by Crippen LogP contribution is -2.62. The zero-order chi connectivity index (χ0) is 14.2. The van der Waals surface area contributed by atoms with Crippen molar-refractivity contribution in [2.45, 2.75) is 69.7 Å². The summed E-state index contributed by atoms with van der Waals surface area (Å²) in [6, 6.07) is 0. The van der Waals surface area contributed by atoms with Gasteiger partial charge in [0.15, 0.2) is 11.9 Å². The van der Waals surface area contributed by atoms with Gasteiger partial charge in [0.25, 0.3) is 0 Å². The zero-order valence-corrected chi connectivity index (χ0v) is 12.4. The molecule has 0 amide bonds. The molecule has 5 aliphatic rings. The molecule has 1 unspecified atom stereocenters. The van der Waals surface area contributed by atoms with E-state index in [1.54, 1.807) is 0 Å². The Hall–Kier alpha value is -0.200. The van der Waals surface area contributed by atoms with Crippen molar-refractivity contribution < 1.29 is 24.4 Å². The fraction of sp³-hybridized carbons (Fsp3) is 1.00. The van der Waals surface area contributed by atoms with E-state index in [-0.39, 0.29) is 12.5 Å². The van der Waals surface area contributed by atoms with Crippen LogP contribution in [0.3, 0.4) is 0 Å². The fourth-order valence-electron chi connectivity index (χ4n) is 4.96. The lowest BCUT2D eigenvalue weighted by Gasteiger charge is -2.50. The van der Waals surface area contributed by atoms with Crippen molar-refractivity contribution in [2.75, 3.05) is 6.61 Å². The minimum Gasteiger partial charge on any atom is -0.393 e. The number of hydrogen-bond acceptors (Lipinski definition) is 5. The monoisotopic (exact) mass is 284 g/mol. The van der Waals surface area contributed by atoms with Gasteiger partial charge in [-0.2, -0.15) is 0 Å².